The van der Waals surface area contributed by atoms with Gasteiger partial charge in [-0.05, 0) is 0 Å². The van der Waals surface area contributed by atoms with Crippen molar-refractivity contribution in [3.63, 3.8) is 0 Å². The van der Waals surface area contributed by atoms with Crippen LogP contribution in [0.25, 0.3) is 5.57 Å². The average Bonchev–Trinajstić information content (AvgIpc) is 2.41. The Morgan fingerprint density at radius 2 is 2.55 bits per heavy atom. The predicted octanol–water partition coefficient (Wildman–Crippen LogP) is 0.568. The van der Waals surface area contributed by atoms with Crippen molar-refractivity contribution in [3.05, 3.63) is 22.2 Å². The highest BCUT2D eigenvalue weighted by molar-refractivity contribution is 7.11. The van der Waals surface area contributed by atoms with Crippen molar-refractivity contribution in [3.8, 4) is 0 Å². The normalized spacial score (nSPS) is 14.4. The van der Waals surface area contributed by atoms with Crippen LogP contribution in [0, 0.1) is 0 Å². The fourth-order valence-corrected chi connectivity index (χ4v) is 2.01. The second-order valence-electron chi connectivity index (χ2n) is 2.31. The van der Waals surface area contributed by atoms with E-state index in [0.29, 0.717) is 5.57 Å². The molecule has 1 aliphatic carbocycles. The van der Waals surface area contributed by atoms with Crippen molar-refractivity contribution in [2.45, 2.75) is 6.42 Å². The fourth-order valence-electron chi connectivity index (χ4n) is 1.14. The van der Waals surface area contributed by atoms with Crippen LogP contribution >= 0.6 is 11.3 Å². The standard InChI is InChI=1S/C7H6N2OS/c8-7(10)4-1-2-5-6(4)11-3-9-5/h1,3H,2H2,(H2,8,10). The molecule has 2 N–H and O–H groups in total. The Bertz CT molecular complexity index is 340. The lowest BCUT2D eigenvalue weighted by Gasteiger charge is -1.91. The zero-order valence-corrected chi connectivity index (χ0v) is 6.52. The van der Waals surface area contributed by atoms with Crippen LogP contribution in [0.15, 0.2) is 11.6 Å². The third kappa shape index (κ3) is 0.867. The molecule has 1 heterocycles. The first-order chi connectivity index (χ1) is 5.29. The molecule has 0 saturated heterocycles. The van der Waals surface area contributed by atoms with Gasteiger partial charge in [0.05, 0.1) is 21.7 Å². The van der Waals surface area contributed by atoms with Gasteiger partial charge in [-0.15, -0.1) is 11.3 Å². The smallest absolute Gasteiger partial charge is 0.249 e. The van der Waals surface area contributed by atoms with Crippen LogP contribution in [-0.2, 0) is 11.2 Å². The summed E-state index contributed by atoms with van der Waals surface area (Å²) in [6.07, 6.45) is 2.58. The molecule has 0 bridgehead atoms. The number of carbonyl (C=O) groups is 1. The zero-order chi connectivity index (χ0) is 7.84. The molecule has 0 atom stereocenters. The topological polar surface area (TPSA) is 56.0 Å². The van der Waals surface area contributed by atoms with Gasteiger partial charge in [0.25, 0.3) is 0 Å². The first-order valence-corrected chi connectivity index (χ1v) is 4.09. The molecular formula is C7H6N2OS. The van der Waals surface area contributed by atoms with Crippen molar-refractivity contribution in [2.24, 2.45) is 5.73 Å². The van der Waals surface area contributed by atoms with Crippen LogP contribution in [0.2, 0.25) is 0 Å². The highest BCUT2D eigenvalue weighted by Gasteiger charge is 2.20. The quantitative estimate of drug-likeness (QED) is 0.663. The van der Waals surface area contributed by atoms with Gasteiger partial charge in [0.2, 0.25) is 5.91 Å². The molecule has 11 heavy (non-hydrogen) atoms. The van der Waals surface area contributed by atoms with Crippen molar-refractivity contribution >= 4 is 22.8 Å². The number of allylic oxidation sites excluding steroid dienone is 1. The summed E-state index contributed by atoms with van der Waals surface area (Å²) in [5, 5.41) is 0. The molecule has 0 aliphatic heterocycles. The summed E-state index contributed by atoms with van der Waals surface area (Å²) in [5.41, 5.74) is 8.48. The summed E-state index contributed by atoms with van der Waals surface area (Å²) in [6.45, 7) is 0. The number of hydrogen-bond acceptors (Lipinski definition) is 3. The van der Waals surface area contributed by atoms with Gasteiger partial charge < -0.3 is 5.73 Å². The lowest BCUT2D eigenvalue weighted by molar-refractivity contribution is -0.112. The molecule has 0 fully saturated rings. The molecule has 0 unspecified atom stereocenters. The Morgan fingerprint density at radius 1 is 1.73 bits per heavy atom. The molecule has 0 radical (unpaired) electrons. The molecule has 56 valence electrons. The van der Waals surface area contributed by atoms with E-state index < -0.39 is 0 Å². The third-order valence-electron chi connectivity index (χ3n) is 1.65. The molecule has 3 nitrogen and oxygen atoms in total. The van der Waals surface area contributed by atoms with Crippen LogP contribution < -0.4 is 5.73 Å². The van der Waals surface area contributed by atoms with Gasteiger partial charge in [-0.1, -0.05) is 6.08 Å². The van der Waals surface area contributed by atoms with Gasteiger partial charge in [-0.2, -0.15) is 0 Å². The first kappa shape index (κ1) is 6.54. The van der Waals surface area contributed by atoms with Crippen molar-refractivity contribution in [1.82, 2.24) is 4.98 Å². The number of primary amides is 1. The van der Waals surface area contributed by atoms with Crippen LogP contribution in [0.5, 0.6) is 0 Å². The van der Waals surface area contributed by atoms with E-state index in [1.165, 1.54) is 11.3 Å². The summed E-state index contributed by atoms with van der Waals surface area (Å²) >= 11 is 1.47. The maximum absolute atomic E-state index is 10.8. The van der Waals surface area contributed by atoms with Gasteiger partial charge in [0, 0.05) is 6.42 Å². The van der Waals surface area contributed by atoms with Gasteiger partial charge >= 0.3 is 0 Å². The largest absolute Gasteiger partial charge is 0.366 e. The second-order valence-corrected chi connectivity index (χ2v) is 3.17. The molecule has 1 aromatic heterocycles. The molecule has 1 aliphatic rings. The molecule has 1 aromatic rings. The van der Waals surface area contributed by atoms with E-state index in [0.717, 1.165) is 17.0 Å². The van der Waals surface area contributed by atoms with Crippen LogP contribution in [0.1, 0.15) is 10.6 Å². The molecule has 4 heteroatoms. The lowest BCUT2D eigenvalue weighted by atomic mass is 10.3. The molecule has 0 aromatic carbocycles. The van der Waals surface area contributed by atoms with Crippen molar-refractivity contribution in [1.29, 1.82) is 0 Å². The number of amides is 1. The Kier molecular flexibility index (Phi) is 1.29. The number of nitrogens with zero attached hydrogens (tertiary/aromatic N) is 1. The summed E-state index contributed by atoms with van der Waals surface area (Å²) in [7, 11) is 0. The summed E-state index contributed by atoms with van der Waals surface area (Å²) in [5.74, 6) is -0.354. The zero-order valence-electron chi connectivity index (χ0n) is 5.70. The molecule has 2 rings (SSSR count). The number of hydrogen-bond donors (Lipinski definition) is 1. The Morgan fingerprint density at radius 3 is 3.27 bits per heavy atom. The number of rotatable bonds is 1. The maximum Gasteiger partial charge on any atom is 0.249 e. The number of thiazole rings is 1. The van der Waals surface area contributed by atoms with E-state index in [2.05, 4.69) is 4.98 Å². The SMILES string of the molecule is NC(=O)C1=CCc2ncsc21. The minimum atomic E-state index is -0.354. The van der Waals surface area contributed by atoms with E-state index in [9.17, 15) is 4.79 Å². The van der Waals surface area contributed by atoms with E-state index in [1.807, 2.05) is 6.08 Å². The molecule has 0 spiro atoms. The maximum atomic E-state index is 10.8. The molecule has 0 saturated carbocycles. The van der Waals surface area contributed by atoms with Gasteiger partial charge in [-0.3, -0.25) is 4.79 Å². The highest BCUT2D eigenvalue weighted by Crippen LogP contribution is 2.29. The third-order valence-corrected chi connectivity index (χ3v) is 2.55. The molecular weight excluding hydrogens is 160 g/mol. The number of fused-ring (bicyclic) bond motifs is 1. The van der Waals surface area contributed by atoms with E-state index in [1.54, 1.807) is 5.51 Å². The van der Waals surface area contributed by atoms with E-state index in [-0.39, 0.29) is 5.91 Å². The Hall–Kier alpha value is -1.16. The highest BCUT2D eigenvalue weighted by atomic mass is 32.1. The summed E-state index contributed by atoms with van der Waals surface area (Å²) in [4.78, 5) is 15.8. The number of nitrogens with two attached hydrogens (primary N) is 1. The van der Waals surface area contributed by atoms with Crippen LogP contribution in [-0.4, -0.2) is 10.9 Å². The Labute approximate surface area is 67.6 Å². The predicted molar refractivity (Wildman–Crippen MR) is 43.0 cm³/mol. The van der Waals surface area contributed by atoms with Crippen LogP contribution in [0.4, 0.5) is 0 Å². The van der Waals surface area contributed by atoms with Gasteiger partial charge in [0.15, 0.2) is 0 Å². The first-order valence-electron chi connectivity index (χ1n) is 3.21. The second kappa shape index (κ2) is 2.17. The van der Waals surface area contributed by atoms with E-state index >= 15 is 0 Å². The lowest BCUT2D eigenvalue weighted by Crippen LogP contribution is -2.10. The van der Waals surface area contributed by atoms with Gasteiger partial charge in [-0.25, -0.2) is 4.98 Å². The van der Waals surface area contributed by atoms with Crippen molar-refractivity contribution < 1.29 is 4.79 Å². The monoisotopic (exact) mass is 166 g/mol. The van der Waals surface area contributed by atoms with Crippen molar-refractivity contribution in [2.75, 3.05) is 0 Å². The molecule has 1 amide bonds. The van der Waals surface area contributed by atoms with Gasteiger partial charge in [0.1, 0.15) is 0 Å². The van der Waals surface area contributed by atoms with E-state index in [4.69, 9.17) is 5.73 Å². The minimum absolute atomic E-state index is 0.354. The summed E-state index contributed by atoms with van der Waals surface area (Å²) in [6, 6.07) is 0. The average molecular weight is 166 g/mol. The number of carbonyl (C=O) groups excluding carboxylic acids is 1. The van der Waals surface area contributed by atoms with Crippen LogP contribution in [0.3, 0.4) is 0 Å². The minimum Gasteiger partial charge on any atom is -0.366 e. The number of aromatic nitrogens is 1. The Balaban J connectivity index is 2.50. The summed E-state index contributed by atoms with van der Waals surface area (Å²) < 4.78 is 0. The fraction of sp³-hybridized carbons (Fsp3) is 0.143.